The highest BCUT2D eigenvalue weighted by atomic mass is 31.2. The molecule has 2 aliphatic rings. The van der Waals surface area contributed by atoms with Crippen molar-refractivity contribution in [2.24, 2.45) is 5.41 Å². The molecule has 0 radical (unpaired) electrons. The Morgan fingerprint density at radius 1 is 0.590 bits per heavy atom. The molecule has 0 aromatic carbocycles. The molecule has 0 aromatic rings. The van der Waals surface area contributed by atoms with Gasteiger partial charge in [-0.1, -0.05) is 103 Å². The van der Waals surface area contributed by atoms with Gasteiger partial charge in [0.1, 0.15) is 6.11 Å². The van der Waals surface area contributed by atoms with Crippen LogP contribution in [-0.4, -0.2) is 33.0 Å². The summed E-state index contributed by atoms with van der Waals surface area (Å²) >= 11 is 0. The van der Waals surface area contributed by atoms with Crippen LogP contribution in [0.4, 0.5) is 0 Å². The molecule has 0 aromatic heterocycles. The minimum atomic E-state index is -1.53. The molecular weight excluding hydrogens is 530 g/mol. The van der Waals surface area contributed by atoms with Gasteiger partial charge in [0.2, 0.25) is 0 Å². The van der Waals surface area contributed by atoms with E-state index in [2.05, 4.69) is 48.6 Å². The number of unbranched alkanes of at least 4 members (excludes halogenated alkanes) is 15. The number of terminal acetylenes is 1. The normalized spacial score (nSPS) is 21.9. The lowest BCUT2D eigenvalue weighted by Crippen LogP contribution is -2.44. The van der Waals surface area contributed by atoms with Crippen LogP contribution in [0.5, 0.6) is 0 Å². The van der Waals surface area contributed by atoms with Crippen molar-refractivity contribution < 1.29 is 27.1 Å². The van der Waals surface area contributed by atoms with Gasteiger partial charge in [-0.05, 0) is 24.2 Å². The van der Waals surface area contributed by atoms with E-state index in [9.17, 15) is 0 Å². The quantitative estimate of drug-likeness (QED) is 0.0874. The molecule has 0 saturated carbocycles. The lowest BCUT2D eigenvalue weighted by atomic mass is 9.93. The smallest absolute Gasteiger partial charge is 0.372 e. The van der Waals surface area contributed by atoms with E-state index in [0.717, 1.165) is 6.42 Å². The molecule has 6 nitrogen and oxygen atoms in total. The van der Waals surface area contributed by atoms with Crippen molar-refractivity contribution in [3.05, 3.63) is 0 Å². The van der Waals surface area contributed by atoms with E-state index in [1.54, 1.807) is 0 Å². The van der Waals surface area contributed by atoms with Gasteiger partial charge in [-0.2, -0.15) is 0 Å². The van der Waals surface area contributed by atoms with Crippen LogP contribution >= 0.6 is 17.2 Å². The summed E-state index contributed by atoms with van der Waals surface area (Å²) in [5, 5.41) is 0. The second kappa shape index (κ2) is 23.4. The molecule has 0 amide bonds. The standard InChI is InChI=1S/C31H46O6P2/c1-3-5-7-9-11-12-13-14-15-16-17-18-19-20-22-24-26-33-39-36-29-31(30-37-39)27-34-38(35-28-31)32-25-23-21-10-8-6-4-2/h2H,3,5,7,9,11-20,22,24,26-30H2,1H3. The minimum absolute atomic E-state index is 0.337. The van der Waals surface area contributed by atoms with Gasteiger partial charge in [-0.3, -0.25) is 0 Å². The van der Waals surface area contributed by atoms with E-state index in [0.29, 0.717) is 33.0 Å². The zero-order valence-electron chi connectivity index (χ0n) is 23.8. The topological polar surface area (TPSA) is 55.4 Å². The summed E-state index contributed by atoms with van der Waals surface area (Å²) in [4.78, 5) is 0. The number of hydrogen-bond donors (Lipinski definition) is 0. The third-order valence-electron chi connectivity index (χ3n) is 6.59. The number of hydrogen-bond acceptors (Lipinski definition) is 6. The monoisotopic (exact) mass is 576 g/mol. The summed E-state index contributed by atoms with van der Waals surface area (Å²) in [5.74, 6) is 14.5. The highest BCUT2D eigenvalue weighted by Gasteiger charge is 2.44. The van der Waals surface area contributed by atoms with Crippen molar-refractivity contribution in [2.45, 2.75) is 110 Å². The van der Waals surface area contributed by atoms with E-state index in [-0.39, 0.29) is 5.41 Å². The molecule has 0 N–H and O–H groups in total. The third kappa shape index (κ3) is 17.2. The van der Waals surface area contributed by atoms with Crippen molar-refractivity contribution in [1.29, 1.82) is 0 Å². The van der Waals surface area contributed by atoms with E-state index >= 15 is 0 Å². The van der Waals surface area contributed by atoms with Crippen molar-refractivity contribution in [1.82, 2.24) is 0 Å². The number of rotatable bonds is 19. The molecule has 2 fully saturated rings. The van der Waals surface area contributed by atoms with Crippen LogP contribution in [0.1, 0.15) is 110 Å². The summed E-state index contributed by atoms with van der Waals surface area (Å²) in [6, 6.07) is 0. The molecule has 2 aliphatic heterocycles. The van der Waals surface area contributed by atoms with Crippen molar-refractivity contribution in [3.8, 4) is 48.1 Å². The van der Waals surface area contributed by atoms with Gasteiger partial charge in [0, 0.05) is 17.8 Å². The molecule has 2 saturated heterocycles. The highest BCUT2D eigenvalue weighted by molar-refractivity contribution is 7.42. The predicted molar refractivity (Wildman–Crippen MR) is 159 cm³/mol. The second-order valence-corrected chi connectivity index (χ2v) is 12.5. The molecule has 216 valence electrons. The van der Waals surface area contributed by atoms with Crippen molar-refractivity contribution in [3.63, 3.8) is 0 Å². The average Bonchev–Trinajstić information content (AvgIpc) is 2.96. The molecular formula is C31H46O6P2. The summed E-state index contributed by atoms with van der Waals surface area (Å²) in [5.41, 5.74) is -0.337. The first-order chi connectivity index (χ1) is 19.3. The van der Waals surface area contributed by atoms with Crippen LogP contribution in [-0.2, 0) is 27.1 Å². The molecule has 1 spiro atoms. The van der Waals surface area contributed by atoms with Gasteiger partial charge in [0.25, 0.3) is 0 Å². The zero-order valence-corrected chi connectivity index (χ0v) is 25.6. The highest BCUT2D eigenvalue weighted by Crippen LogP contribution is 2.52. The van der Waals surface area contributed by atoms with Crippen LogP contribution in [0.2, 0.25) is 0 Å². The van der Waals surface area contributed by atoms with Gasteiger partial charge in [-0.15, -0.1) is 6.42 Å². The molecule has 0 atom stereocenters. The Hall–Kier alpha value is -1.30. The maximum absolute atomic E-state index is 5.83. The Bertz CT molecular complexity index is 851. The van der Waals surface area contributed by atoms with E-state index < -0.39 is 17.2 Å². The predicted octanol–water partition coefficient (Wildman–Crippen LogP) is 8.42. The maximum Gasteiger partial charge on any atom is 0.406 e. The van der Waals surface area contributed by atoms with Crippen LogP contribution in [0, 0.1) is 53.5 Å². The zero-order chi connectivity index (χ0) is 27.7. The molecule has 8 heteroatoms. The average molecular weight is 577 g/mol. The molecule has 0 aliphatic carbocycles. The van der Waals surface area contributed by atoms with Crippen LogP contribution in [0.3, 0.4) is 0 Å². The summed E-state index contributed by atoms with van der Waals surface area (Å²) in [7, 11) is -2.83. The molecule has 2 heterocycles. The van der Waals surface area contributed by atoms with Crippen molar-refractivity contribution >= 4 is 17.2 Å². The minimum Gasteiger partial charge on any atom is -0.372 e. The third-order valence-corrected chi connectivity index (χ3v) is 8.59. The Morgan fingerprint density at radius 3 is 1.54 bits per heavy atom. The van der Waals surface area contributed by atoms with Gasteiger partial charge < -0.3 is 27.1 Å². The SMILES string of the molecule is C#CC#CC#CC#COP1OCC2(CO1)COP(OCCCCCCCCCCCCCCCCCC)OC2. The fraction of sp³-hybridized carbons (Fsp3) is 0.742. The van der Waals surface area contributed by atoms with Gasteiger partial charge in [0.15, 0.2) is 0 Å². The fourth-order valence-corrected chi connectivity index (χ4v) is 6.53. The Kier molecular flexibility index (Phi) is 20.4. The Morgan fingerprint density at radius 2 is 1.03 bits per heavy atom. The second-order valence-electron chi connectivity index (χ2n) is 10.1. The maximum atomic E-state index is 5.83. The fourth-order valence-electron chi connectivity index (χ4n) is 4.22. The van der Waals surface area contributed by atoms with Gasteiger partial charge in [-0.25, -0.2) is 0 Å². The van der Waals surface area contributed by atoms with E-state index in [4.69, 9.17) is 33.6 Å². The molecule has 0 unspecified atom stereocenters. The molecule has 39 heavy (non-hydrogen) atoms. The summed E-state index contributed by atoms with van der Waals surface area (Å²) < 4.78 is 34.1. The lowest BCUT2D eigenvalue weighted by molar-refractivity contribution is -0.0728. The summed E-state index contributed by atoms with van der Waals surface area (Å²) in [6.45, 7) is 4.75. The first-order valence-electron chi connectivity index (χ1n) is 14.7. The Labute approximate surface area is 240 Å². The molecule has 0 bridgehead atoms. The van der Waals surface area contributed by atoms with Crippen LogP contribution in [0.15, 0.2) is 0 Å². The van der Waals surface area contributed by atoms with Gasteiger partial charge in [0.05, 0.1) is 38.4 Å². The van der Waals surface area contributed by atoms with Crippen LogP contribution in [0.25, 0.3) is 0 Å². The van der Waals surface area contributed by atoms with E-state index in [1.165, 1.54) is 96.3 Å². The van der Waals surface area contributed by atoms with Gasteiger partial charge >= 0.3 is 17.2 Å². The first-order valence-corrected chi connectivity index (χ1v) is 16.8. The van der Waals surface area contributed by atoms with Crippen molar-refractivity contribution in [2.75, 3.05) is 33.0 Å². The largest absolute Gasteiger partial charge is 0.406 e. The first kappa shape index (κ1) is 33.9. The molecule has 2 rings (SSSR count). The summed E-state index contributed by atoms with van der Waals surface area (Å²) in [6.07, 6.45) is 29.2. The Balaban J connectivity index is 1.37. The lowest BCUT2D eigenvalue weighted by Gasteiger charge is -2.40. The van der Waals surface area contributed by atoms with E-state index in [1.807, 2.05) is 0 Å². The van der Waals surface area contributed by atoms with Crippen LogP contribution < -0.4 is 0 Å².